The van der Waals surface area contributed by atoms with Crippen LogP contribution in [0.1, 0.15) is 5.56 Å². The van der Waals surface area contributed by atoms with Crippen LogP contribution in [0.5, 0.6) is 0 Å². The number of rotatable bonds is 4. The Kier molecular flexibility index (Phi) is 4.00. The zero-order valence-electron chi connectivity index (χ0n) is 8.04. The van der Waals surface area contributed by atoms with Gasteiger partial charge < -0.3 is 5.32 Å². The number of halogens is 3. The van der Waals surface area contributed by atoms with Crippen LogP contribution in [0.3, 0.4) is 0 Å². The molecule has 0 aliphatic heterocycles. The van der Waals surface area contributed by atoms with Gasteiger partial charge in [-0.3, -0.25) is 4.79 Å². The smallest absolute Gasteiger partial charge is 0.320 e. The third-order valence-electron chi connectivity index (χ3n) is 1.77. The molecule has 16 heavy (non-hydrogen) atoms. The molecular formula is C10H8F3NOS. The number of hydrogen-bond donors (Lipinski definition) is 1. The van der Waals surface area contributed by atoms with Crippen LogP contribution >= 0.6 is 12.1 Å². The Morgan fingerprint density at radius 3 is 2.38 bits per heavy atom. The van der Waals surface area contributed by atoms with Gasteiger partial charge in [0.25, 0.3) is 0 Å². The number of alkyl halides is 2. The lowest BCUT2D eigenvalue weighted by atomic mass is 10.2. The molecule has 86 valence electrons. The number of hydrogen-bond acceptors (Lipinski definition) is 2. The summed E-state index contributed by atoms with van der Waals surface area (Å²) < 4.78 is 36.8. The number of carbonyl (C=O) groups excluding carboxylic acids is 1. The van der Waals surface area contributed by atoms with Gasteiger partial charge in [0.05, 0.1) is 0 Å². The minimum absolute atomic E-state index is 0.171. The molecule has 0 atom stereocenters. The van der Waals surface area contributed by atoms with Gasteiger partial charge in [-0.15, -0.1) is 0 Å². The van der Waals surface area contributed by atoms with Crippen LogP contribution in [-0.4, -0.2) is 11.2 Å². The SMILES string of the molecule is C=Cc1ccc(NC(=O)C(F)(F)SF)cc1. The Morgan fingerprint density at radius 1 is 1.38 bits per heavy atom. The van der Waals surface area contributed by atoms with E-state index in [1.807, 2.05) is 5.32 Å². The second-order valence-electron chi connectivity index (χ2n) is 2.87. The molecule has 1 rings (SSSR count). The minimum Gasteiger partial charge on any atom is -0.320 e. The van der Waals surface area contributed by atoms with E-state index in [2.05, 4.69) is 6.58 Å². The fraction of sp³-hybridized carbons (Fsp3) is 0.100. The lowest BCUT2D eigenvalue weighted by Gasteiger charge is -2.10. The second kappa shape index (κ2) is 5.07. The zero-order chi connectivity index (χ0) is 12.2. The van der Waals surface area contributed by atoms with E-state index in [4.69, 9.17) is 0 Å². The highest BCUT2D eigenvalue weighted by Gasteiger charge is 2.41. The first-order valence-electron chi connectivity index (χ1n) is 4.21. The van der Waals surface area contributed by atoms with Gasteiger partial charge in [0.1, 0.15) is 12.1 Å². The minimum atomic E-state index is -4.07. The van der Waals surface area contributed by atoms with E-state index in [0.717, 1.165) is 5.56 Å². The highest BCUT2D eigenvalue weighted by Crippen LogP contribution is 2.31. The molecule has 1 aromatic carbocycles. The molecule has 0 unspecified atom stereocenters. The second-order valence-corrected chi connectivity index (χ2v) is 3.54. The van der Waals surface area contributed by atoms with E-state index in [0.29, 0.717) is 0 Å². The summed E-state index contributed by atoms with van der Waals surface area (Å²) >= 11 is -1.30. The van der Waals surface area contributed by atoms with Crippen LogP contribution in [-0.2, 0) is 4.79 Å². The largest absolute Gasteiger partial charge is 0.399 e. The molecule has 0 fully saturated rings. The first-order valence-corrected chi connectivity index (χ1v) is 4.93. The highest BCUT2D eigenvalue weighted by atomic mass is 32.2. The molecule has 0 bridgehead atoms. The molecule has 1 aromatic rings. The monoisotopic (exact) mass is 247 g/mol. The number of nitrogens with one attached hydrogen (secondary N) is 1. The van der Waals surface area contributed by atoms with Gasteiger partial charge in [0.2, 0.25) is 0 Å². The van der Waals surface area contributed by atoms with E-state index in [1.54, 1.807) is 18.2 Å². The summed E-state index contributed by atoms with van der Waals surface area (Å²) in [6.07, 6.45) is 1.57. The molecular weight excluding hydrogens is 239 g/mol. The molecule has 0 aliphatic rings. The van der Waals surface area contributed by atoms with Crippen molar-refractivity contribution in [1.82, 2.24) is 0 Å². The topological polar surface area (TPSA) is 29.1 Å². The van der Waals surface area contributed by atoms with Crippen LogP contribution in [0, 0.1) is 0 Å². The third kappa shape index (κ3) is 3.03. The quantitative estimate of drug-likeness (QED) is 0.882. The Bertz CT molecular complexity index is 392. The van der Waals surface area contributed by atoms with Crippen molar-refractivity contribution in [2.24, 2.45) is 0 Å². The summed E-state index contributed by atoms with van der Waals surface area (Å²) in [5.41, 5.74) is 0.953. The highest BCUT2D eigenvalue weighted by molar-refractivity contribution is 7.96. The first kappa shape index (κ1) is 12.6. The summed E-state index contributed by atoms with van der Waals surface area (Å²) in [5.74, 6) is -1.69. The Balaban J connectivity index is 2.73. The Hall–Kier alpha value is -1.43. The van der Waals surface area contributed by atoms with Crippen LogP contribution in [0.25, 0.3) is 6.08 Å². The van der Waals surface area contributed by atoms with Gasteiger partial charge in [0.15, 0.2) is 0 Å². The van der Waals surface area contributed by atoms with E-state index < -0.39 is 23.3 Å². The average Bonchev–Trinajstić information content (AvgIpc) is 2.30. The van der Waals surface area contributed by atoms with Gasteiger partial charge in [0, 0.05) is 5.69 Å². The Labute approximate surface area is 94.8 Å². The predicted molar refractivity (Wildman–Crippen MR) is 58.8 cm³/mol. The molecule has 6 heteroatoms. The molecule has 0 heterocycles. The van der Waals surface area contributed by atoms with Crippen molar-refractivity contribution >= 4 is 29.8 Å². The van der Waals surface area contributed by atoms with Crippen LogP contribution < -0.4 is 5.32 Å². The summed E-state index contributed by atoms with van der Waals surface area (Å²) in [6, 6.07) is 6.02. The Morgan fingerprint density at radius 2 is 1.94 bits per heavy atom. The molecule has 0 saturated heterocycles. The van der Waals surface area contributed by atoms with Crippen molar-refractivity contribution in [1.29, 1.82) is 0 Å². The van der Waals surface area contributed by atoms with Crippen LogP contribution in [0.15, 0.2) is 30.8 Å². The van der Waals surface area contributed by atoms with E-state index in [-0.39, 0.29) is 5.69 Å². The predicted octanol–water partition coefficient (Wildman–Crippen LogP) is 3.48. The van der Waals surface area contributed by atoms with Gasteiger partial charge in [-0.25, -0.2) is 0 Å². The van der Waals surface area contributed by atoms with Crippen molar-refractivity contribution in [3.63, 3.8) is 0 Å². The molecule has 0 aromatic heterocycles. The first-order chi connectivity index (χ1) is 7.49. The maximum absolute atomic E-state index is 12.5. The van der Waals surface area contributed by atoms with Gasteiger partial charge in [-0.05, 0) is 17.7 Å². The molecule has 0 aliphatic carbocycles. The fourth-order valence-corrected chi connectivity index (χ4v) is 1.06. The molecule has 2 nitrogen and oxygen atoms in total. The molecule has 1 N–H and O–H groups in total. The van der Waals surface area contributed by atoms with Crippen molar-refractivity contribution in [3.8, 4) is 0 Å². The molecule has 0 saturated carbocycles. The number of benzene rings is 1. The maximum Gasteiger partial charge on any atom is 0.399 e. The summed E-state index contributed by atoms with van der Waals surface area (Å²) in [4.78, 5) is 10.9. The normalized spacial score (nSPS) is 10.9. The summed E-state index contributed by atoms with van der Waals surface area (Å²) in [5, 5.41) is -2.17. The number of anilines is 1. The summed E-state index contributed by atoms with van der Waals surface area (Å²) in [6.45, 7) is 3.51. The lowest BCUT2D eigenvalue weighted by Crippen LogP contribution is -2.30. The zero-order valence-corrected chi connectivity index (χ0v) is 8.86. The molecule has 0 spiro atoms. The van der Waals surface area contributed by atoms with Crippen molar-refractivity contribution < 1.29 is 17.5 Å². The van der Waals surface area contributed by atoms with Gasteiger partial charge >= 0.3 is 11.2 Å². The standard InChI is InChI=1S/C10H8F3NOS/c1-2-7-3-5-8(6-4-7)14-9(15)10(11,12)16-13/h2-6H,1H2,(H,14,15). The van der Waals surface area contributed by atoms with E-state index >= 15 is 0 Å². The molecule has 0 radical (unpaired) electrons. The van der Waals surface area contributed by atoms with E-state index in [1.165, 1.54) is 12.1 Å². The average molecular weight is 247 g/mol. The van der Waals surface area contributed by atoms with Crippen LogP contribution in [0.4, 0.5) is 18.4 Å². The number of carbonyl (C=O) groups is 1. The third-order valence-corrected chi connectivity index (χ3v) is 2.14. The van der Waals surface area contributed by atoms with Crippen molar-refractivity contribution in [2.75, 3.05) is 5.32 Å². The fourth-order valence-electron chi connectivity index (χ4n) is 0.941. The number of amides is 1. The van der Waals surface area contributed by atoms with Crippen molar-refractivity contribution in [2.45, 2.75) is 5.25 Å². The lowest BCUT2D eigenvalue weighted by molar-refractivity contribution is -0.129. The maximum atomic E-state index is 12.5. The van der Waals surface area contributed by atoms with Gasteiger partial charge in [-0.1, -0.05) is 24.8 Å². The summed E-state index contributed by atoms with van der Waals surface area (Å²) in [7, 11) is 0. The van der Waals surface area contributed by atoms with E-state index in [9.17, 15) is 17.5 Å². The van der Waals surface area contributed by atoms with Gasteiger partial charge in [-0.2, -0.15) is 12.7 Å². The molecule has 1 amide bonds. The van der Waals surface area contributed by atoms with Crippen LogP contribution in [0.2, 0.25) is 0 Å². The van der Waals surface area contributed by atoms with Crippen molar-refractivity contribution in [3.05, 3.63) is 36.4 Å².